The summed E-state index contributed by atoms with van der Waals surface area (Å²) in [6.45, 7) is 8.48. The fourth-order valence-corrected chi connectivity index (χ4v) is 7.67. The van der Waals surface area contributed by atoms with Crippen molar-refractivity contribution in [2.75, 3.05) is 4.90 Å². The summed E-state index contributed by atoms with van der Waals surface area (Å²) < 4.78 is 2.37. The molecule has 0 aliphatic carbocycles. The van der Waals surface area contributed by atoms with Gasteiger partial charge in [-0.05, 0) is 95.8 Å². The Morgan fingerprint density at radius 3 is 1.96 bits per heavy atom. The van der Waals surface area contributed by atoms with Crippen LogP contribution in [0.2, 0.25) is 0 Å². The first kappa shape index (κ1) is 32.9. The van der Waals surface area contributed by atoms with Gasteiger partial charge in [-0.2, -0.15) is 0 Å². The van der Waals surface area contributed by atoms with Gasteiger partial charge in [0, 0.05) is 44.7 Å². The smallest absolute Gasteiger partial charge is 0.0716 e. The zero-order chi connectivity index (χ0) is 36.4. The van der Waals surface area contributed by atoms with E-state index in [1.54, 1.807) is 0 Å². The number of anilines is 2. The molecule has 0 unspecified atom stereocenters. The number of hydrogen-bond acceptors (Lipinski definition) is 2. The number of allylic oxidation sites excluding steroid dienone is 4. The van der Waals surface area contributed by atoms with Crippen LogP contribution in [0.4, 0.5) is 11.4 Å². The van der Waals surface area contributed by atoms with Gasteiger partial charge in [0.25, 0.3) is 0 Å². The number of pyridine rings is 1. The van der Waals surface area contributed by atoms with Crippen LogP contribution in [0, 0.1) is 0 Å². The molecule has 0 bridgehead atoms. The van der Waals surface area contributed by atoms with Crippen LogP contribution in [0.25, 0.3) is 67.2 Å². The van der Waals surface area contributed by atoms with Crippen LogP contribution in [-0.2, 0) is 6.42 Å². The summed E-state index contributed by atoms with van der Waals surface area (Å²) in [4.78, 5) is 7.59. The number of aromatic nitrogens is 2. The molecule has 3 heterocycles. The normalized spacial score (nSPS) is 14.1. The van der Waals surface area contributed by atoms with Crippen molar-refractivity contribution in [3.8, 4) is 39.3 Å². The molecule has 54 heavy (non-hydrogen) atoms. The lowest BCUT2D eigenvalue weighted by Gasteiger charge is -2.28. The Hall–Kier alpha value is -6.97. The molecule has 9 rings (SSSR count). The van der Waals surface area contributed by atoms with Crippen molar-refractivity contribution in [3.05, 3.63) is 212 Å². The second kappa shape index (κ2) is 14.2. The van der Waals surface area contributed by atoms with Crippen molar-refractivity contribution in [2.45, 2.75) is 12.8 Å². The number of fused-ring (bicyclic) bond motifs is 4. The zero-order valence-electron chi connectivity index (χ0n) is 30.1. The fourth-order valence-electron chi connectivity index (χ4n) is 7.67. The lowest BCUT2D eigenvalue weighted by molar-refractivity contribution is 0.989. The van der Waals surface area contributed by atoms with Crippen LogP contribution < -0.4 is 4.90 Å². The van der Waals surface area contributed by atoms with Gasteiger partial charge in [-0.15, -0.1) is 0 Å². The SMILES string of the molecule is C=Cc1ccc(-c2cc(-c3cccc(-n4c5ccccc5c5ccccc54)c3)cc(-c3cccc(N4C(=C)/C=C\C=C/CCc5ccccc54)c3)n2)cc1. The molecule has 1 aliphatic rings. The molecular weight excluding hydrogens is 655 g/mol. The summed E-state index contributed by atoms with van der Waals surface area (Å²) in [5, 5.41) is 2.50. The van der Waals surface area contributed by atoms with Gasteiger partial charge < -0.3 is 9.47 Å². The highest BCUT2D eigenvalue weighted by Crippen LogP contribution is 2.38. The third-order valence-corrected chi connectivity index (χ3v) is 10.3. The van der Waals surface area contributed by atoms with E-state index in [4.69, 9.17) is 4.98 Å². The summed E-state index contributed by atoms with van der Waals surface area (Å²) in [5.41, 5.74) is 15.1. The number of para-hydroxylation sites is 3. The van der Waals surface area contributed by atoms with Crippen molar-refractivity contribution in [1.82, 2.24) is 9.55 Å². The highest BCUT2D eigenvalue weighted by atomic mass is 15.1. The summed E-state index contributed by atoms with van der Waals surface area (Å²) in [7, 11) is 0. The van der Waals surface area contributed by atoms with E-state index >= 15 is 0 Å². The van der Waals surface area contributed by atoms with E-state index in [1.165, 1.54) is 27.4 Å². The molecule has 0 atom stereocenters. The van der Waals surface area contributed by atoms with Crippen LogP contribution in [-0.4, -0.2) is 9.55 Å². The average molecular weight is 694 g/mol. The highest BCUT2D eigenvalue weighted by molar-refractivity contribution is 6.09. The van der Waals surface area contributed by atoms with Gasteiger partial charge >= 0.3 is 0 Å². The number of aryl methyl sites for hydroxylation is 1. The molecule has 3 heteroatoms. The molecule has 6 aromatic carbocycles. The van der Waals surface area contributed by atoms with E-state index < -0.39 is 0 Å². The summed E-state index contributed by atoms with van der Waals surface area (Å²) in [6, 6.07) is 56.4. The van der Waals surface area contributed by atoms with Crippen molar-refractivity contribution in [2.24, 2.45) is 0 Å². The maximum Gasteiger partial charge on any atom is 0.0716 e. The zero-order valence-corrected chi connectivity index (χ0v) is 30.1. The maximum atomic E-state index is 5.32. The predicted octanol–water partition coefficient (Wildman–Crippen LogP) is 13.5. The average Bonchev–Trinajstić information content (AvgIpc) is 3.57. The molecule has 0 radical (unpaired) electrons. The monoisotopic (exact) mass is 693 g/mol. The quantitative estimate of drug-likeness (QED) is 0.173. The number of nitrogens with zero attached hydrogens (tertiary/aromatic N) is 3. The molecule has 0 fully saturated rings. The third-order valence-electron chi connectivity index (χ3n) is 10.3. The Morgan fingerprint density at radius 2 is 1.20 bits per heavy atom. The summed E-state index contributed by atoms with van der Waals surface area (Å²) >= 11 is 0. The van der Waals surface area contributed by atoms with Crippen molar-refractivity contribution in [1.29, 1.82) is 0 Å². The number of rotatable bonds is 6. The molecule has 0 amide bonds. The molecule has 0 saturated heterocycles. The Bertz CT molecular complexity index is 2710. The second-order valence-corrected chi connectivity index (χ2v) is 13.7. The Kier molecular flexibility index (Phi) is 8.66. The van der Waals surface area contributed by atoms with E-state index in [0.717, 1.165) is 74.8 Å². The van der Waals surface area contributed by atoms with Gasteiger partial charge in [-0.25, -0.2) is 4.98 Å². The third kappa shape index (κ3) is 6.16. The first-order valence-electron chi connectivity index (χ1n) is 18.5. The van der Waals surface area contributed by atoms with Crippen LogP contribution in [0.1, 0.15) is 17.5 Å². The van der Waals surface area contributed by atoms with E-state index in [1.807, 2.05) is 6.08 Å². The summed E-state index contributed by atoms with van der Waals surface area (Å²) in [6.07, 6.45) is 12.3. The molecule has 0 spiro atoms. The minimum absolute atomic E-state index is 0.901. The first-order valence-corrected chi connectivity index (χ1v) is 18.5. The van der Waals surface area contributed by atoms with Crippen LogP contribution in [0.5, 0.6) is 0 Å². The summed E-state index contributed by atoms with van der Waals surface area (Å²) in [5.74, 6) is 0. The number of hydrogen-bond donors (Lipinski definition) is 0. The van der Waals surface area contributed by atoms with E-state index in [2.05, 4.69) is 205 Å². The predicted molar refractivity (Wildman–Crippen MR) is 229 cm³/mol. The molecule has 3 nitrogen and oxygen atoms in total. The Labute approximate surface area is 316 Å². The molecule has 0 saturated carbocycles. The Morgan fingerprint density at radius 1 is 0.556 bits per heavy atom. The minimum Gasteiger partial charge on any atom is -0.311 e. The van der Waals surface area contributed by atoms with Gasteiger partial charge in [0.15, 0.2) is 0 Å². The van der Waals surface area contributed by atoms with Crippen molar-refractivity contribution in [3.63, 3.8) is 0 Å². The van der Waals surface area contributed by atoms with Crippen molar-refractivity contribution < 1.29 is 0 Å². The van der Waals surface area contributed by atoms with Gasteiger partial charge in [0.05, 0.1) is 22.4 Å². The second-order valence-electron chi connectivity index (χ2n) is 13.7. The largest absolute Gasteiger partial charge is 0.311 e. The van der Waals surface area contributed by atoms with Gasteiger partial charge in [0.2, 0.25) is 0 Å². The van der Waals surface area contributed by atoms with Gasteiger partial charge in [-0.1, -0.05) is 141 Å². The topological polar surface area (TPSA) is 21.1 Å². The molecular formula is C51H39N3. The number of benzene rings is 6. The van der Waals surface area contributed by atoms with Crippen LogP contribution >= 0.6 is 0 Å². The molecule has 8 aromatic rings. The molecule has 2 aromatic heterocycles. The molecule has 0 N–H and O–H groups in total. The molecule has 258 valence electrons. The van der Waals surface area contributed by atoms with E-state index in [9.17, 15) is 0 Å². The van der Waals surface area contributed by atoms with E-state index in [-0.39, 0.29) is 0 Å². The highest BCUT2D eigenvalue weighted by Gasteiger charge is 2.18. The van der Waals surface area contributed by atoms with Gasteiger partial charge in [-0.3, -0.25) is 0 Å². The van der Waals surface area contributed by atoms with E-state index in [0.29, 0.717) is 0 Å². The maximum absolute atomic E-state index is 5.32. The first-order chi connectivity index (χ1) is 26.6. The fraction of sp³-hybridized carbons (Fsp3) is 0.0392. The van der Waals surface area contributed by atoms with Crippen molar-refractivity contribution >= 4 is 39.3 Å². The minimum atomic E-state index is 0.901. The Balaban J connectivity index is 1.20. The standard InChI is InChI=1S/C51H39N3/c1-3-37-28-30-38(31-29-37)47-34-42(40-19-14-22-44(32-40)54-50-26-12-9-23-45(50)46-24-10-13-27-51(46)54)35-48(52-47)41-20-15-21-43(33-41)53-36(2)16-6-4-5-7-17-39-18-8-11-25-49(39)53/h3-6,8-16,18-35H,1-2,7,17H2/b5-4-,16-6-. The molecule has 1 aliphatic heterocycles. The van der Waals surface area contributed by atoms with Gasteiger partial charge in [0.1, 0.15) is 0 Å². The lowest BCUT2D eigenvalue weighted by Crippen LogP contribution is -2.16. The van der Waals surface area contributed by atoms with Crippen LogP contribution in [0.15, 0.2) is 201 Å². The van der Waals surface area contributed by atoms with Crippen LogP contribution in [0.3, 0.4) is 0 Å². The lowest BCUT2D eigenvalue weighted by atomic mass is 9.98.